The maximum atomic E-state index is 4.61. The molecule has 34 heavy (non-hydrogen) atoms. The second-order valence-electron chi connectivity index (χ2n) is 7.33. The Labute approximate surface area is 201 Å². The third-order valence-corrected chi connectivity index (χ3v) is 4.90. The largest absolute Gasteiger partial charge is 0.366 e. The number of anilines is 1. The molecule has 0 radical (unpaired) electrons. The van der Waals surface area contributed by atoms with Crippen molar-refractivity contribution >= 4 is 5.82 Å². The van der Waals surface area contributed by atoms with Gasteiger partial charge in [0.2, 0.25) is 0 Å². The van der Waals surface area contributed by atoms with E-state index < -0.39 is 0 Å². The fraction of sp³-hybridized carbons (Fsp3) is 0.179. The molecule has 0 fully saturated rings. The fourth-order valence-electron chi connectivity index (χ4n) is 3.17. The van der Waals surface area contributed by atoms with Gasteiger partial charge in [-0.2, -0.15) is 0 Å². The summed E-state index contributed by atoms with van der Waals surface area (Å²) in [6, 6.07) is 18.0. The minimum absolute atomic E-state index is 0.622. The average Bonchev–Trinajstić information content (AvgIpc) is 2.89. The van der Waals surface area contributed by atoms with E-state index in [0.29, 0.717) is 6.54 Å². The molecule has 0 bridgehead atoms. The van der Waals surface area contributed by atoms with Crippen molar-refractivity contribution in [2.75, 3.05) is 5.32 Å². The molecule has 4 rings (SSSR count). The van der Waals surface area contributed by atoms with Crippen LogP contribution in [-0.2, 0) is 6.54 Å². The molecule has 4 heterocycles. The zero-order valence-corrected chi connectivity index (χ0v) is 20.1. The van der Waals surface area contributed by atoms with E-state index in [2.05, 4.69) is 36.3 Å². The molecule has 0 aromatic carbocycles. The molecular weight excluding hydrogens is 420 g/mol. The lowest BCUT2D eigenvalue weighted by Gasteiger charge is -2.08. The summed E-state index contributed by atoms with van der Waals surface area (Å²) >= 11 is 0. The van der Waals surface area contributed by atoms with Gasteiger partial charge in [0, 0.05) is 54.3 Å². The van der Waals surface area contributed by atoms with Crippen molar-refractivity contribution < 1.29 is 0 Å². The van der Waals surface area contributed by atoms with Gasteiger partial charge < -0.3 is 5.32 Å². The first-order valence-electron chi connectivity index (χ1n) is 11.4. The van der Waals surface area contributed by atoms with E-state index in [0.717, 1.165) is 45.2 Å². The quantitative estimate of drug-likeness (QED) is 0.380. The van der Waals surface area contributed by atoms with Gasteiger partial charge in [-0.25, -0.2) is 4.98 Å². The van der Waals surface area contributed by atoms with E-state index in [1.54, 1.807) is 31.0 Å². The summed E-state index contributed by atoms with van der Waals surface area (Å²) < 4.78 is 0. The summed E-state index contributed by atoms with van der Waals surface area (Å²) in [5, 5.41) is 3.43. The summed E-state index contributed by atoms with van der Waals surface area (Å²) in [6.07, 6.45) is 10.6. The van der Waals surface area contributed by atoms with E-state index in [-0.39, 0.29) is 0 Å². The fourth-order valence-corrected chi connectivity index (χ4v) is 3.17. The van der Waals surface area contributed by atoms with Crippen molar-refractivity contribution in [2.45, 2.75) is 34.2 Å². The number of nitrogens with zero attached hydrogens (tertiary/aromatic N) is 5. The first-order chi connectivity index (χ1) is 16.7. The molecule has 0 unspecified atom stereocenters. The summed E-state index contributed by atoms with van der Waals surface area (Å²) in [7, 11) is 0. The lowest BCUT2D eigenvalue weighted by Crippen LogP contribution is -2.02. The summed E-state index contributed by atoms with van der Waals surface area (Å²) in [6.45, 7) is 8.63. The molecule has 6 heteroatoms. The van der Waals surface area contributed by atoms with Crippen molar-refractivity contribution in [2.24, 2.45) is 0 Å². The maximum absolute atomic E-state index is 4.61. The first-order valence-corrected chi connectivity index (χ1v) is 11.4. The standard InChI is InChI=1S/C26H24N6.C2H6/c1-19-6-8-22(25-18-27-13-14-29-25)5-3-4-11-30-26(19)32-17-21-7-9-24(31-16-21)23-10-12-28-20(2)15-23;1-2/h3-16,18H,17H2,1-2H3,(H,30,32);1-2H3. The Bertz CT molecular complexity index is 1240. The Balaban J connectivity index is 0.00000158. The van der Waals surface area contributed by atoms with Gasteiger partial charge >= 0.3 is 0 Å². The second-order valence-corrected chi connectivity index (χ2v) is 7.33. The van der Waals surface area contributed by atoms with E-state index in [1.807, 2.05) is 82.4 Å². The van der Waals surface area contributed by atoms with Crippen LogP contribution in [0.25, 0.3) is 22.5 Å². The van der Waals surface area contributed by atoms with Crippen molar-refractivity contribution in [1.82, 2.24) is 24.9 Å². The van der Waals surface area contributed by atoms with Gasteiger partial charge in [0.15, 0.2) is 0 Å². The van der Waals surface area contributed by atoms with Gasteiger partial charge in [-0.3, -0.25) is 19.9 Å². The number of aromatic nitrogens is 5. The molecule has 0 aliphatic rings. The Morgan fingerprint density at radius 1 is 0.676 bits per heavy atom. The van der Waals surface area contributed by atoms with Crippen molar-refractivity contribution in [1.29, 1.82) is 0 Å². The molecule has 4 aromatic heterocycles. The van der Waals surface area contributed by atoms with Crippen LogP contribution in [0.15, 0.2) is 91.8 Å². The predicted octanol–water partition coefficient (Wildman–Crippen LogP) is 6.38. The Hall–Kier alpha value is -4.19. The molecular formula is C28H30N6. The lowest BCUT2D eigenvalue weighted by atomic mass is 10.1. The zero-order valence-electron chi connectivity index (χ0n) is 20.1. The minimum Gasteiger partial charge on any atom is -0.366 e. The Morgan fingerprint density at radius 2 is 1.56 bits per heavy atom. The van der Waals surface area contributed by atoms with Gasteiger partial charge in [-0.05, 0) is 49.2 Å². The van der Waals surface area contributed by atoms with Gasteiger partial charge in [-0.15, -0.1) is 0 Å². The second kappa shape index (κ2) is 12.7. The minimum atomic E-state index is 0.622. The topological polar surface area (TPSA) is 76.5 Å². The van der Waals surface area contributed by atoms with Crippen LogP contribution in [0.4, 0.5) is 5.82 Å². The first kappa shape index (κ1) is 24.5. The normalized spacial score (nSPS) is 9.88. The van der Waals surface area contributed by atoms with Crippen molar-refractivity contribution in [3.63, 3.8) is 0 Å². The summed E-state index contributed by atoms with van der Waals surface area (Å²) in [5.74, 6) is 0.806. The number of hydrogen-bond acceptors (Lipinski definition) is 6. The van der Waals surface area contributed by atoms with Crippen molar-refractivity contribution in [3.8, 4) is 22.5 Å². The molecule has 4 aromatic rings. The highest BCUT2D eigenvalue weighted by Gasteiger charge is 2.02. The molecule has 1 N–H and O–H groups in total. The molecule has 6 nitrogen and oxygen atoms in total. The molecule has 0 aliphatic carbocycles. The van der Waals surface area contributed by atoms with E-state index >= 15 is 0 Å². The van der Waals surface area contributed by atoms with Crippen LogP contribution in [0.3, 0.4) is 0 Å². The van der Waals surface area contributed by atoms with Crippen LogP contribution in [0.5, 0.6) is 0 Å². The highest BCUT2D eigenvalue weighted by molar-refractivity contribution is 5.59. The third-order valence-electron chi connectivity index (χ3n) is 4.90. The van der Waals surface area contributed by atoms with Gasteiger partial charge in [-0.1, -0.05) is 44.2 Å². The van der Waals surface area contributed by atoms with Crippen LogP contribution in [-0.4, -0.2) is 24.9 Å². The smallest absolute Gasteiger partial charge is 0.129 e. The number of pyridine rings is 2. The van der Waals surface area contributed by atoms with E-state index in [4.69, 9.17) is 0 Å². The zero-order chi connectivity index (χ0) is 24.2. The highest BCUT2D eigenvalue weighted by Crippen LogP contribution is 2.18. The number of nitrogens with one attached hydrogen (secondary N) is 1. The number of rotatable bonds is 5. The van der Waals surface area contributed by atoms with E-state index in [9.17, 15) is 0 Å². The van der Waals surface area contributed by atoms with Crippen LogP contribution >= 0.6 is 0 Å². The molecule has 0 aliphatic heterocycles. The van der Waals surface area contributed by atoms with Crippen LogP contribution < -0.4 is 5.32 Å². The van der Waals surface area contributed by atoms with Crippen LogP contribution in [0.2, 0.25) is 0 Å². The summed E-state index contributed by atoms with van der Waals surface area (Å²) in [5.41, 5.74) is 6.87. The lowest BCUT2D eigenvalue weighted by molar-refractivity contribution is 1.08. The van der Waals surface area contributed by atoms with Crippen LogP contribution in [0.1, 0.15) is 30.7 Å². The molecule has 0 atom stereocenters. The maximum Gasteiger partial charge on any atom is 0.129 e. The summed E-state index contributed by atoms with van der Waals surface area (Å²) in [4.78, 5) is 22.0. The molecule has 0 amide bonds. The van der Waals surface area contributed by atoms with Gasteiger partial charge in [0.1, 0.15) is 5.82 Å². The van der Waals surface area contributed by atoms with Crippen LogP contribution in [0, 0.1) is 13.8 Å². The Kier molecular flexibility index (Phi) is 9.17. The SMILES string of the molecule is CC.Cc1cc(-c2ccc(CNc3nccccc(-c4cnccn4)ccc3C)cn2)ccn1. The predicted molar refractivity (Wildman–Crippen MR) is 139 cm³/mol. The molecule has 172 valence electrons. The number of hydrogen-bond donors (Lipinski definition) is 1. The number of aryl methyl sites for hydroxylation is 2. The average molecular weight is 451 g/mol. The van der Waals surface area contributed by atoms with Crippen molar-refractivity contribution in [3.05, 3.63) is 109 Å². The molecule has 0 spiro atoms. The highest BCUT2D eigenvalue weighted by atomic mass is 15.0. The monoisotopic (exact) mass is 450 g/mol. The Morgan fingerprint density at radius 3 is 2.29 bits per heavy atom. The van der Waals surface area contributed by atoms with Gasteiger partial charge in [0.25, 0.3) is 0 Å². The third kappa shape index (κ3) is 6.90. The van der Waals surface area contributed by atoms with E-state index in [1.165, 1.54) is 0 Å². The molecule has 0 saturated carbocycles. The molecule has 0 saturated heterocycles. The van der Waals surface area contributed by atoms with Gasteiger partial charge in [0.05, 0.1) is 17.6 Å².